The van der Waals surface area contributed by atoms with E-state index < -0.39 is 0 Å². The topological polar surface area (TPSA) is 80.0 Å². The van der Waals surface area contributed by atoms with E-state index in [0.29, 0.717) is 17.4 Å². The summed E-state index contributed by atoms with van der Waals surface area (Å²) in [4.78, 5) is 20.4. The number of esters is 1. The number of carbonyl (C=O) groups is 1. The number of fused-ring (bicyclic) bond motifs is 1. The Labute approximate surface area is 173 Å². The van der Waals surface area contributed by atoms with Crippen molar-refractivity contribution in [1.82, 2.24) is 19.5 Å². The number of hydrogen-bond donors (Lipinski definition) is 1. The summed E-state index contributed by atoms with van der Waals surface area (Å²) >= 11 is 1.47. The summed E-state index contributed by atoms with van der Waals surface area (Å²) in [6.07, 6.45) is 1.50. The number of ether oxygens (including phenoxy) is 1. The molecule has 0 saturated carbocycles. The van der Waals surface area contributed by atoms with E-state index in [1.165, 1.54) is 21.4 Å². The third-order valence-corrected chi connectivity index (χ3v) is 6.53. The van der Waals surface area contributed by atoms with Crippen LogP contribution in [0.15, 0.2) is 24.3 Å². The molecular formula is C21H26N4O3S. The molecule has 8 heteroatoms. The lowest BCUT2D eigenvalue weighted by molar-refractivity contribution is -0.149. The third kappa shape index (κ3) is 3.86. The number of likely N-dealkylation sites (tertiary alicyclic amines) is 1. The van der Waals surface area contributed by atoms with Gasteiger partial charge in [-0.2, -0.15) is 4.52 Å². The van der Waals surface area contributed by atoms with Gasteiger partial charge in [-0.1, -0.05) is 41.2 Å². The second-order valence-electron chi connectivity index (χ2n) is 7.52. The van der Waals surface area contributed by atoms with Gasteiger partial charge in [0.05, 0.1) is 23.4 Å². The predicted octanol–water partition coefficient (Wildman–Crippen LogP) is 3.48. The minimum absolute atomic E-state index is 0.0524. The van der Waals surface area contributed by atoms with Gasteiger partial charge in [-0.05, 0) is 52.3 Å². The fourth-order valence-electron chi connectivity index (χ4n) is 3.96. The Hall–Kier alpha value is -2.45. The van der Waals surface area contributed by atoms with Gasteiger partial charge in [0.25, 0.3) is 0 Å². The van der Waals surface area contributed by atoms with Crippen molar-refractivity contribution in [2.24, 2.45) is 5.92 Å². The Bertz CT molecular complexity index is 1000. The molecule has 0 bridgehead atoms. The number of thiazole rings is 1. The molecule has 29 heavy (non-hydrogen) atoms. The molecule has 2 aromatic heterocycles. The number of aryl methyl sites for hydroxylation is 2. The van der Waals surface area contributed by atoms with Gasteiger partial charge in [-0.25, -0.2) is 4.98 Å². The van der Waals surface area contributed by atoms with Crippen LogP contribution in [0.5, 0.6) is 5.88 Å². The summed E-state index contributed by atoms with van der Waals surface area (Å²) in [6.45, 7) is 7.65. The number of aromatic nitrogens is 3. The van der Waals surface area contributed by atoms with Gasteiger partial charge in [0.1, 0.15) is 5.82 Å². The maximum absolute atomic E-state index is 12.1. The highest BCUT2D eigenvalue weighted by Crippen LogP contribution is 2.41. The molecule has 1 aromatic carbocycles. The lowest BCUT2D eigenvalue weighted by atomic mass is 9.93. The highest BCUT2D eigenvalue weighted by Gasteiger charge is 2.34. The van der Waals surface area contributed by atoms with Gasteiger partial charge < -0.3 is 9.84 Å². The normalized spacial score (nSPS) is 16.9. The standard InChI is InChI=1S/C21H26N4O3S/c1-4-28-20(27)16-9-11-24(12-10-16)17(15-7-5-13(2)6-8-15)18-19(26)25-21(29-18)22-14(3)23-25/h5-8,16-17,26H,4,9-12H2,1-3H3/t17-/m1/s1. The number of benzene rings is 1. The average molecular weight is 415 g/mol. The number of rotatable bonds is 5. The number of aromatic hydroxyl groups is 1. The molecule has 3 aromatic rings. The molecule has 154 valence electrons. The summed E-state index contributed by atoms with van der Waals surface area (Å²) in [7, 11) is 0. The van der Waals surface area contributed by atoms with E-state index in [9.17, 15) is 9.90 Å². The van der Waals surface area contributed by atoms with E-state index in [4.69, 9.17) is 4.74 Å². The molecule has 0 spiro atoms. The zero-order chi connectivity index (χ0) is 20.5. The largest absolute Gasteiger partial charge is 0.492 e. The second-order valence-corrected chi connectivity index (χ2v) is 8.53. The van der Waals surface area contributed by atoms with E-state index in [1.54, 1.807) is 0 Å². The Morgan fingerprint density at radius 3 is 2.59 bits per heavy atom. The Morgan fingerprint density at radius 1 is 1.28 bits per heavy atom. The highest BCUT2D eigenvalue weighted by atomic mass is 32.1. The van der Waals surface area contributed by atoms with Crippen LogP contribution < -0.4 is 0 Å². The fraction of sp³-hybridized carbons (Fsp3) is 0.476. The molecule has 7 nitrogen and oxygen atoms in total. The molecule has 0 radical (unpaired) electrons. The first kappa shape index (κ1) is 19.8. The van der Waals surface area contributed by atoms with E-state index in [0.717, 1.165) is 36.4 Å². The minimum Gasteiger partial charge on any atom is -0.492 e. The monoisotopic (exact) mass is 414 g/mol. The van der Waals surface area contributed by atoms with E-state index in [-0.39, 0.29) is 23.8 Å². The van der Waals surface area contributed by atoms with Crippen LogP contribution in [0.2, 0.25) is 0 Å². The first-order valence-electron chi connectivity index (χ1n) is 10.00. The minimum atomic E-state index is -0.104. The van der Waals surface area contributed by atoms with Gasteiger partial charge in [0.2, 0.25) is 10.8 Å². The van der Waals surface area contributed by atoms with Gasteiger partial charge in [-0.15, -0.1) is 5.10 Å². The van der Waals surface area contributed by atoms with Crippen molar-refractivity contribution in [3.63, 3.8) is 0 Å². The summed E-state index contributed by atoms with van der Waals surface area (Å²) in [5.74, 6) is 0.628. The van der Waals surface area contributed by atoms with Crippen LogP contribution in [0.1, 0.15) is 47.6 Å². The van der Waals surface area contributed by atoms with Crippen LogP contribution in [-0.2, 0) is 9.53 Å². The quantitative estimate of drug-likeness (QED) is 0.644. The number of hydrogen-bond acceptors (Lipinski definition) is 7. The highest BCUT2D eigenvalue weighted by molar-refractivity contribution is 7.17. The Morgan fingerprint density at radius 2 is 1.97 bits per heavy atom. The van der Waals surface area contributed by atoms with Gasteiger partial charge >= 0.3 is 5.97 Å². The molecule has 0 aliphatic carbocycles. The number of piperidine rings is 1. The van der Waals surface area contributed by atoms with Crippen molar-refractivity contribution in [2.75, 3.05) is 19.7 Å². The van der Waals surface area contributed by atoms with Gasteiger partial charge in [0.15, 0.2) is 0 Å². The van der Waals surface area contributed by atoms with Crippen LogP contribution in [0.25, 0.3) is 4.96 Å². The molecule has 0 amide bonds. The molecule has 4 rings (SSSR count). The summed E-state index contributed by atoms with van der Waals surface area (Å²) in [6, 6.07) is 8.29. The maximum Gasteiger partial charge on any atom is 0.309 e. The fourth-order valence-corrected chi connectivity index (χ4v) is 5.12. The predicted molar refractivity (Wildman–Crippen MR) is 111 cm³/mol. The smallest absolute Gasteiger partial charge is 0.309 e. The van der Waals surface area contributed by atoms with Crippen molar-refractivity contribution in [2.45, 2.75) is 39.7 Å². The van der Waals surface area contributed by atoms with E-state index in [2.05, 4.69) is 46.2 Å². The molecule has 1 aliphatic heterocycles. The summed E-state index contributed by atoms with van der Waals surface area (Å²) < 4.78 is 6.72. The average Bonchev–Trinajstić information content (AvgIpc) is 3.22. The van der Waals surface area contributed by atoms with Crippen molar-refractivity contribution >= 4 is 22.3 Å². The first-order valence-corrected chi connectivity index (χ1v) is 10.8. The van der Waals surface area contributed by atoms with Crippen LogP contribution in [0.4, 0.5) is 0 Å². The maximum atomic E-state index is 12.1. The lowest BCUT2D eigenvalue weighted by Crippen LogP contribution is -2.39. The molecule has 1 N–H and O–H groups in total. The third-order valence-electron chi connectivity index (χ3n) is 5.46. The van der Waals surface area contributed by atoms with Crippen LogP contribution >= 0.6 is 11.3 Å². The van der Waals surface area contributed by atoms with Gasteiger partial charge in [0, 0.05) is 0 Å². The second kappa shape index (κ2) is 8.12. The molecule has 1 atom stereocenters. The van der Waals surface area contributed by atoms with E-state index in [1.807, 2.05) is 13.8 Å². The zero-order valence-electron chi connectivity index (χ0n) is 17.0. The SMILES string of the molecule is CCOC(=O)C1CCN([C@H](c2ccc(C)cc2)c2sc3nc(C)nn3c2O)CC1. The van der Waals surface area contributed by atoms with Crippen molar-refractivity contribution in [3.05, 3.63) is 46.1 Å². The summed E-state index contributed by atoms with van der Waals surface area (Å²) in [5, 5.41) is 15.2. The zero-order valence-corrected chi connectivity index (χ0v) is 17.8. The van der Waals surface area contributed by atoms with Crippen molar-refractivity contribution in [1.29, 1.82) is 0 Å². The van der Waals surface area contributed by atoms with Crippen LogP contribution in [0.3, 0.4) is 0 Å². The molecule has 1 fully saturated rings. The van der Waals surface area contributed by atoms with Crippen molar-refractivity contribution < 1.29 is 14.6 Å². The summed E-state index contributed by atoms with van der Waals surface area (Å²) in [5.41, 5.74) is 2.30. The number of nitrogens with zero attached hydrogens (tertiary/aromatic N) is 4. The molecular weight excluding hydrogens is 388 g/mol. The Kier molecular flexibility index (Phi) is 5.56. The number of carbonyl (C=O) groups excluding carboxylic acids is 1. The van der Waals surface area contributed by atoms with Gasteiger partial charge in [-0.3, -0.25) is 9.69 Å². The lowest BCUT2D eigenvalue weighted by Gasteiger charge is -2.36. The molecule has 1 saturated heterocycles. The van der Waals surface area contributed by atoms with Crippen LogP contribution in [0, 0.1) is 19.8 Å². The Balaban J connectivity index is 1.66. The molecule has 0 unspecified atom stereocenters. The molecule has 1 aliphatic rings. The van der Waals surface area contributed by atoms with E-state index >= 15 is 0 Å². The first-order chi connectivity index (χ1) is 14.0. The van der Waals surface area contributed by atoms with Crippen LogP contribution in [-0.4, -0.2) is 50.3 Å². The van der Waals surface area contributed by atoms with Crippen molar-refractivity contribution in [3.8, 4) is 5.88 Å². The molecule has 3 heterocycles.